The second-order valence-electron chi connectivity index (χ2n) is 5.33. The van der Waals surface area contributed by atoms with Crippen molar-refractivity contribution in [2.24, 2.45) is 0 Å². The zero-order valence-electron chi connectivity index (χ0n) is 12.6. The van der Waals surface area contributed by atoms with Gasteiger partial charge in [0.1, 0.15) is 24.1 Å². The molecule has 8 nitrogen and oxygen atoms in total. The van der Waals surface area contributed by atoms with Gasteiger partial charge in [-0.3, -0.25) is 9.78 Å². The van der Waals surface area contributed by atoms with Gasteiger partial charge in [-0.25, -0.2) is 4.98 Å². The molecule has 1 aliphatic heterocycles. The molecule has 1 saturated heterocycles. The summed E-state index contributed by atoms with van der Waals surface area (Å²) in [5.41, 5.74) is -1.18. The highest BCUT2D eigenvalue weighted by Crippen LogP contribution is 2.28. The largest absolute Gasteiger partial charge is 0.434 e. The van der Waals surface area contributed by atoms with Gasteiger partial charge in [0.25, 0.3) is 0 Å². The zero-order chi connectivity index (χ0) is 17.9. The molecule has 0 saturated carbocycles. The molecule has 2 rings (SSSR count). The summed E-state index contributed by atoms with van der Waals surface area (Å²) in [5.74, 6) is -0.523. The summed E-state index contributed by atoms with van der Waals surface area (Å²) in [6.07, 6.45) is -6.48. The maximum Gasteiger partial charge on any atom is 0.434 e. The van der Waals surface area contributed by atoms with Gasteiger partial charge in [0, 0.05) is 13.5 Å². The molecule has 1 amide bonds. The van der Waals surface area contributed by atoms with E-state index in [4.69, 9.17) is 4.74 Å². The number of hydrogen-bond acceptors (Lipinski definition) is 7. The van der Waals surface area contributed by atoms with Crippen molar-refractivity contribution in [1.29, 1.82) is 0 Å². The van der Waals surface area contributed by atoms with Gasteiger partial charge in [0.2, 0.25) is 5.91 Å². The minimum absolute atomic E-state index is 0.00362. The second-order valence-corrected chi connectivity index (χ2v) is 5.33. The van der Waals surface area contributed by atoms with Crippen molar-refractivity contribution in [2.75, 3.05) is 18.5 Å². The van der Waals surface area contributed by atoms with Crippen LogP contribution in [0.25, 0.3) is 0 Å². The first-order chi connectivity index (χ1) is 11.2. The summed E-state index contributed by atoms with van der Waals surface area (Å²) in [7, 11) is 0. The Balaban J connectivity index is 2.00. The van der Waals surface area contributed by atoms with E-state index in [1.807, 2.05) is 0 Å². The summed E-state index contributed by atoms with van der Waals surface area (Å²) in [6.45, 7) is 1.20. The van der Waals surface area contributed by atoms with Crippen molar-refractivity contribution < 1.29 is 32.9 Å². The number of amides is 1. The van der Waals surface area contributed by atoms with Gasteiger partial charge in [-0.15, -0.1) is 0 Å². The lowest BCUT2D eigenvalue weighted by atomic mass is 9.98. The first kappa shape index (κ1) is 18.4. The molecule has 4 N–H and O–H groups in total. The number of rotatable bonds is 4. The first-order valence-corrected chi connectivity index (χ1v) is 7.06. The Labute approximate surface area is 135 Å². The predicted octanol–water partition coefficient (Wildman–Crippen LogP) is -0.467. The van der Waals surface area contributed by atoms with Gasteiger partial charge in [-0.1, -0.05) is 0 Å². The molecule has 1 fully saturated rings. The number of ether oxygens (including phenoxy) is 1. The Morgan fingerprint density at radius 2 is 2.08 bits per heavy atom. The summed E-state index contributed by atoms with van der Waals surface area (Å²) >= 11 is 0. The van der Waals surface area contributed by atoms with E-state index in [9.17, 15) is 28.2 Å². The molecule has 0 spiro atoms. The molecule has 4 atom stereocenters. The Morgan fingerprint density at radius 1 is 1.38 bits per heavy atom. The van der Waals surface area contributed by atoms with Gasteiger partial charge < -0.3 is 25.6 Å². The minimum Gasteiger partial charge on any atom is -0.388 e. The highest BCUT2D eigenvalue weighted by molar-refractivity contribution is 5.72. The molecule has 134 valence electrons. The molecule has 0 aliphatic carbocycles. The third kappa shape index (κ3) is 4.52. The number of nitrogens with zero attached hydrogens (tertiary/aromatic N) is 2. The standard InChI is InChI=1S/C13H17F3N4O4/c1-6(21)18-2-8-12(23)11(22)7(5-24-8)19-10-4-17-3-9(20-10)13(14,15)16/h3-4,7-8,11-12,22-23H,2,5H2,1H3,(H,18,21)(H,19,20)/t7-,8+,11+,12-/m0/s1. The lowest BCUT2D eigenvalue weighted by Crippen LogP contribution is -2.58. The lowest BCUT2D eigenvalue weighted by Gasteiger charge is -2.38. The van der Waals surface area contributed by atoms with E-state index < -0.39 is 36.2 Å². The van der Waals surface area contributed by atoms with Crippen molar-refractivity contribution in [1.82, 2.24) is 15.3 Å². The number of aliphatic hydroxyl groups excluding tert-OH is 2. The number of carbonyl (C=O) groups is 1. The number of aromatic nitrogens is 2. The van der Waals surface area contributed by atoms with Crippen LogP contribution in [0.5, 0.6) is 0 Å². The van der Waals surface area contributed by atoms with E-state index in [1.165, 1.54) is 6.92 Å². The summed E-state index contributed by atoms with van der Waals surface area (Å²) in [4.78, 5) is 17.7. The van der Waals surface area contributed by atoms with Crippen LogP contribution < -0.4 is 10.6 Å². The van der Waals surface area contributed by atoms with Crippen molar-refractivity contribution in [2.45, 2.75) is 37.5 Å². The lowest BCUT2D eigenvalue weighted by molar-refractivity contribution is -0.142. The van der Waals surface area contributed by atoms with Crippen LogP contribution in [0, 0.1) is 0 Å². The fourth-order valence-electron chi connectivity index (χ4n) is 2.20. The summed E-state index contributed by atoms with van der Waals surface area (Å²) < 4.78 is 43.2. The molecule has 1 aromatic heterocycles. The third-order valence-corrected chi connectivity index (χ3v) is 3.44. The Kier molecular flexibility index (Phi) is 5.57. The molecule has 1 aromatic rings. The van der Waals surface area contributed by atoms with E-state index in [2.05, 4.69) is 20.6 Å². The molecule has 1 aliphatic rings. The number of aliphatic hydroxyl groups is 2. The maximum atomic E-state index is 12.6. The Morgan fingerprint density at radius 3 is 2.71 bits per heavy atom. The van der Waals surface area contributed by atoms with E-state index >= 15 is 0 Å². The number of hydrogen-bond donors (Lipinski definition) is 4. The highest BCUT2D eigenvalue weighted by atomic mass is 19.4. The van der Waals surface area contributed by atoms with E-state index in [0.29, 0.717) is 6.20 Å². The van der Waals surface area contributed by atoms with Gasteiger partial charge in [0.15, 0.2) is 5.69 Å². The van der Waals surface area contributed by atoms with E-state index in [1.54, 1.807) is 0 Å². The molecule has 24 heavy (non-hydrogen) atoms. The molecule has 0 radical (unpaired) electrons. The topological polar surface area (TPSA) is 117 Å². The molecule has 0 unspecified atom stereocenters. The molecule has 2 heterocycles. The quantitative estimate of drug-likeness (QED) is 0.580. The summed E-state index contributed by atoms with van der Waals surface area (Å²) in [6, 6.07) is -0.883. The number of halogens is 3. The van der Waals surface area contributed by atoms with Crippen LogP contribution in [-0.2, 0) is 15.7 Å². The van der Waals surface area contributed by atoms with Gasteiger partial charge >= 0.3 is 6.18 Å². The maximum absolute atomic E-state index is 12.6. The van der Waals surface area contributed by atoms with Crippen LogP contribution in [0.1, 0.15) is 12.6 Å². The van der Waals surface area contributed by atoms with Crippen molar-refractivity contribution in [3.8, 4) is 0 Å². The molecular formula is C13H17F3N4O4. The normalized spacial score (nSPS) is 27.6. The van der Waals surface area contributed by atoms with Crippen LogP contribution in [0.4, 0.5) is 19.0 Å². The van der Waals surface area contributed by atoms with Crippen molar-refractivity contribution >= 4 is 11.7 Å². The van der Waals surface area contributed by atoms with E-state index in [-0.39, 0.29) is 24.9 Å². The molecule has 0 bridgehead atoms. The second kappa shape index (κ2) is 7.28. The van der Waals surface area contributed by atoms with Gasteiger partial charge in [-0.05, 0) is 0 Å². The van der Waals surface area contributed by atoms with Crippen LogP contribution in [-0.4, -0.2) is 63.6 Å². The minimum atomic E-state index is -4.64. The molecule has 0 aromatic carbocycles. The smallest absolute Gasteiger partial charge is 0.388 e. The van der Waals surface area contributed by atoms with Gasteiger partial charge in [-0.2, -0.15) is 13.2 Å². The fourth-order valence-corrected chi connectivity index (χ4v) is 2.20. The van der Waals surface area contributed by atoms with Crippen molar-refractivity contribution in [3.05, 3.63) is 18.1 Å². The first-order valence-electron chi connectivity index (χ1n) is 7.06. The third-order valence-electron chi connectivity index (χ3n) is 3.44. The summed E-state index contributed by atoms with van der Waals surface area (Å²) in [5, 5.41) is 25.1. The van der Waals surface area contributed by atoms with Crippen LogP contribution in [0.2, 0.25) is 0 Å². The van der Waals surface area contributed by atoms with Gasteiger partial charge in [0.05, 0.1) is 25.0 Å². The van der Waals surface area contributed by atoms with E-state index in [0.717, 1.165) is 6.20 Å². The number of carbonyl (C=O) groups excluding carboxylic acids is 1. The zero-order valence-corrected chi connectivity index (χ0v) is 12.6. The van der Waals surface area contributed by atoms with Crippen LogP contribution in [0.3, 0.4) is 0 Å². The Bertz CT molecular complexity index is 587. The van der Waals surface area contributed by atoms with Crippen LogP contribution >= 0.6 is 0 Å². The number of alkyl halides is 3. The SMILES string of the molecule is CC(=O)NC[C@H]1OC[C@H](Nc2cncc(C(F)(F)F)n2)[C@@H](O)[C@H]1O. The van der Waals surface area contributed by atoms with Crippen LogP contribution in [0.15, 0.2) is 12.4 Å². The van der Waals surface area contributed by atoms with Crippen molar-refractivity contribution in [3.63, 3.8) is 0 Å². The fraction of sp³-hybridized carbons (Fsp3) is 0.615. The molecule has 11 heteroatoms. The highest BCUT2D eigenvalue weighted by Gasteiger charge is 2.39. The molecular weight excluding hydrogens is 333 g/mol. The predicted molar refractivity (Wildman–Crippen MR) is 74.9 cm³/mol. The number of anilines is 1. The Hall–Kier alpha value is -1.98. The average molecular weight is 350 g/mol. The number of nitrogens with one attached hydrogen (secondary N) is 2. The monoisotopic (exact) mass is 350 g/mol. The average Bonchev–Trinajstić information content (AvgIpc) is 2.50.